The van der Waals surface area contributed by atoms with Gasteiger partial charge in [-0.05, 0) is 39.5 Å². The molecule has 1 amide bonds. The quantitative estimate of drug-likeness (QED) is 0.659. The summed E-state index contributed by atoms with van der Waals surface area (Å²) >= 11 is 0. The maximum Gasteiger partial charge on any atom is 0.410 e. The Kier molecular flexibility index (Phi) is 2.41. The molecule has 4 heteroatoms. The molecule has 1 aliphatic heterocycles. The lowest BCUT2D eigenvalue weighted by molar-refractivity contribution is 0.0183. The van der Waals surface area contributed by atoms with Gasteiger partial charge in [-0.25, -0.2) is 4.79 Å². The molecule has 4 nitrogen and oxygen atoms in total. The zero-order chi connectivity index (χ0) is 11.2. The highest BCUT2D eigenvalue weighted by atomic mass is 16.6. The number of hydrogen-bond donors (Lipinski definition) is 1. The number of carbonyl (C=O) groups is 1. The number of nitrogens with two attached hydrogens (primary N) is 1. The lowest BCUT2D eigenvalue weighted by atomic mass is 10.0. The van der Waals surface area contributed by atoms with Gasteiger partial charge in [0.2, 0.25) is 0 Å². The molecule has 15 heavy (non-hydrogen) atoms. The van der Waals surface area contributed by atoms with Crippen LogP contribution in [0.4, 0.5) is 4.79 Å². The molecule has 0 aromatic rings. The fourth-order valence-electron chi connectivity index (χ4n) is 2.54. The molecular formula is C11H20N2O2. The first kappa shape index (κ1) is 10.7. The normalized spacial score (nSPS) is 34.7. The summed E-state index contributed by atoms with van der Waals surface area (Å²) in [6, 6.07) is 0.605. The molecule has 1 heterocycles. The minimum atomic E-state index is -0.402. The van der Waals surface area contributed by atoms with Crippen molar-refractivity contribution in [2.45, 2.75) is 51.3 Å². The molecule has 2 fully saturated rings. The second-order valence-electron chi connectivity index (χ2n) is 5.68. The number of hydrogen-bond acceptors (Lipinski definition) is 3. The minimum Gasteiger partial charge on any atom is -0.444 e. The molecule has 0 radical (unpaired) electrons. The van der Waals surface area contributed by atoms with Crippen LogP contribution in [0.15, 0.2) is 0 Å². The van der Waals surface area contributed by atoms with Crippen LogP contribution < -0.4 is 5.73 Å². The zero-order valence-corrected chi connectivity index (χ0v) is 9.69. The standard InChI is InChI=1S/C11H20N2O2/c1-11(2,3)15-10(14)13-6-7-4-8(13)5-9(7)12/h7-9H,4-6,12H2,1-3H3/t7-,8-,9?/m0/s1. The molecule has 3 atom stereocenters. The Labute approximate surface area is 90.8 Å². The lowest BCUT2D eigenvalue weighted by Gasteiger charge is -2.31. The topological polar surface area (TPSA) is 55.6 Å². The highest BCUT2D eigenvalue weighted by Gasteiger charge is 2.46. The van der Waals surface area contributed by atoms with E-state index in [2.05, 4.69) is 0 Å². The lowest BCUT2D eigenvalue weighted by Crippen LogP contribution is -2.46. The summed E-state index contributed by atoms with van der Waals surface area (Å²) in [6.07, 6.45) is 1.81. The third kappa shape index (κ3) is 2.09. The van der Waals surface area contributed by atoms with Gasteiger partial charge in [0.05, 0.1) is 0 Å². The summed E-state index contributed by atoms with van der Waals surface area (Å²) in [6.45, 7) is 6.46. The monoisotopic (exact) mass is 212 g/mol. The SMILES string of the molecule is CC(C)(C)OC(=O)N1C[C@@H]2C[C@H]1CC2N. The van der Waals surface area contributed by atoms with Crippen LogP contribution in [0.5, 0.6) is 0 Å². The second kappa shape index (κ2) is 3.37. The number of ether oxygens (including phenoxy) is 1. The fourth-order valence-corrected chi connectivity index (χ4v) is 2.54. The first-order valence-electron chi connectivity index (χ1n) is 5.62. The highest BCUT2D eigenvalue weighted by molar-refractivity contribution is 5.69. The van der Waals surface area contributed by atoms with Crippen molar-refractivity contribution in [3.63, 3.8) is 0 Å². The van der Waals surface area contributed by atoms with Crippen molar-refractivity contribution >= 4 is 6.09 Å². The van der Waals surface area contributed by atoms with Gasteiger partial charge in [0.15, 0.2) is 0 Å². The van der Waals surface area contributed by atoms with E-state index in [0.29, 0.717) is 12.0 Å². The number of carbonyl (C=O) groups excluding carboxylic acids is 1. The second-order valence-corrected chi connectivity index (χ2v) is 5.68. The van der Waals surface area contributed by atoms with Gasteiger partial charge in [0.25, 0.3) is 0 Å². The van der Waals surface area contributed by atoms with Crippen LogP contribution in [0, 0.1) is 5.92 Å². The van der Waals surface area contributed by atoms with Crippen molar-refractivity contribution in [1.29, 1.82) is 0 Å². The van der Waals surface area contributed by atoms with E-state index in [1.165, 1.54) is 0 Å². The Morgan fingerprint density at radius 1 is 1.40 bits per heavy atom. The number of nitrogens with zero attached hydrogens (tertiary/aromatic N) is 1. The van der Waals surface area contributed by atoms with E-state index in [0.717, 1.165) is 19.4 Å². The van der Waals surface area contributed by atoms with E-state index in [4.69, 9.17) is 10.5 Å². The Bertz CT molecular complexity index is 270. The van der Waals surface area contributed by atoms with Crippen LogP contribution in [0.1, 0.15) is 33.6 Å². The largest absolute Gasteiger partial charge is 0.444 e. The molecule has 0 spiro atoms. The molecule has 1 aliphatic carbocycles. The molecule has 0 aromatic heterocycles. The van der Waals surface area contributed by atoms with Crippen molar-refractivity contribution in [2.24, 2.45) is 11.7 Å². The van der Waals surface area contributed by atoms with Gasteiger partial charge >= 0.3 is 6.09 Å². The third-order valence-electron chi connectivity index (χ3n) is 3.22. The summed E-state index contributed by atoms with van der Waals surface area (Å²) in [5.41, 5.74) is 5.53. The van der Waals surface area contributed by atoms with Crippen molar-refractivity contribution in [3.8, 4) is 0 Å². The molecule has 2 bridgehead atoms. The molecule has 86 valence electrons. The van der Waals surface area contributed by atoms with Crippen LogP contribution in [-0.2, 0) is 4.74 Å². The summed E-state index contributed by atoms with van der Waals surface area (Å²) in [5, 5.41) is 0. The van der Waals surface area contributed by atoms with E-state index in [9.17, 15) is 4.79 Å². The molecular weight excluding hydrogens is 192 g/mol. The summed E-state index contributed by atoms with van der Waals surface area (Å²) in [4.78, 5) is 13.7. The van der Waals surface area contributed by atoms with Gasteiger partial charge in [-0.3, -0.25) is 0 Å². The Morgan fingerprint density at radius 3 is 2.47 bits per heavy atom. The van der Waals surface area contributed by atoms with Crippen molar-refractivity contribution in [3.05, 3.63) is 0 Å². The molecule has 2 rings (SSSR count). The number of likely N-dealkylation sites (tertiary alicyclic amines) is 1. The summed E-state index contributed by atoms with van der Waals surface area (Å²) in [7, 11) is 0. The van der Waals surface area contributed by atoms with E-state index < -0.39 is 5.60 Å². The predicted molar refractivity (Wildman–Crippen MR) is 57.4 cm³/mol. The molecule has 0 aromatic carbocycles. The summed E-state index contributed by atoms with van der Waals surface area (Å²) in [5.74, 6) is 0.488. The number of amides is 1. The molecule has 1 saturated heterocycles. The highest BCUT2D eigenvalue weighted by Crippen LogP contribution is 2.37. The van der Waals surface area contributed by atoms with E-state index in [1.807, 2.05) is 25.7 Å². The van der Waals surface area contributed by atoms with Crippen molar-refractivity contribution in [1.82, 2.24) is 4.90 Å². The number of fused-ring (bicyclic) bond motifs is 2. The molecule has 2 aliphatic rings. The van der Waals surface area contributed by atoms with Crippen molar-refractivity contribution in [2.75, 3.05) is 6.54 Å². The average Bonchev–Trinajstić information content (AvgIpc) is 2.58. The van der Waals surface area contributed by atoms with Gasteiger partial charge in [-0.2, -0.15) is 0 Å². The van der Waals surface area contributed by atoms with Gasteiger partial charge in [0, 0.05) is 18.6 Å². The smallest absolute Gasteiger partial charge is 0.410 e. The van der Waals surface area contributed by atoms with Crippen molar-refractivity contribution < 1.29 is 9.53 Å². The Morgan fingerprint density at radius 2 is 2.07 bits per heavy atom. The van der Waals surface area contributed by atoms with Gasteiger partial charge < -0.3 is 15.4 Å². The van der Waals surface area contributed by atoms with Crippen LogP contribution in [0.3, 0.4) is 0 Å². The fraction of sp³-hybridized carbons (Fsp3) is 0.909. The van der Waals surface area contributed by atoms with E-state index in [1.54, 1.807) is 0 Å². The molecule has 2 N–H and O–H groups in total. The predicted octanol–water partition coefficient (Wildman–Crippen LogP) is 1.34. The molecule has 1 unspecified atom stereocenters. The van der Waals surface area contributed by atoms with Gasteiger partial charge in [0.1, 0.15) is 5.60 Å². The third-order valence-corrected chi connectivity index (χ3v) is 3.22. The van der Waals surface area contributed by atoms with Crippen LogP contribution in [0.25, 0.3) is 0 Å². The van der Waals surface area contributed by atoms with Crippen LogP contribution in [0.2, 0.25) is 0 Å². The minimum absolute atomic E-state index is 0.179. The van der Waals surface area contributed by atoms with Crippen LogP contribution in [-0.4, -0.2) is 35.2 Å². The van der Waals surface area contributed by atoms with Gasteiger partial charge in [-0.1, -0.05) is 0 Å². The summed E-state index contributed by atoms with van der Waals surface area (Å²) < 4.78 is 5.36. The van der Waals surface area contributed by atoms with Crippen LogP contribution >= 0.6 is 0 Å². The first-order chi connectivity index (χ1) is 6.87. The Balaban J connectivity index is 1.94. The van der Waals surface area contributed by atoms with E-state index >= 15 is 0 Å². The zero-order valence-electron chi connectivity index (χ0n) is 9.69. The maximum atomic E-state index is 11.8. The Hall–Kier alpha value is -0.770. The molecule has 1 saturated carbocycles. The van der Waals surface area contributed by atoms with Gasteiger partial charge in [-0.15, -0.1) is 0 Å². The van der Waals surface area contributed by atoms with E-state index in [-0.39, 0.29) is 12.1 Å². The first-order valence-corrected chi connectivity index (χ1v) is 5.62. The average molecular weight is 212 g/mol. The number of rotatable bonds is 0. The maximum absolute atomic E-state index is 11.8. The number of piperidine rings is 1.